The second kappa shape index (κ2) is 5.52. The SMILES string of the molecule is Cc1ccc(OC2CCC(C(C)C)CC2)cn1. The van der Waals surface area contributed by atoms with E-state index in [9.17, 15) is 0 Å². The summed E-state index contributed by atoms with van der Waals surface area (Å²) in [5.74, 6) is 2.63. The quantitative estimate of drug-likeness (QED) is 0.787. The molecule has 1 aromatic rings. The molecule has 0 spiro atoms. The van der Waals surface area contributed by atoms with Crippen LogP contribution in [0, 0.1) is 18.8 Å². The lowest BCUT2D eigenvalue weighted by atomic mass is 9.80. The van der Waals surface area contributed by atoms with Gasteiger partial charge in [-0.25, -0.2) is 0 Å². The van der Waals surface area contributed by atoms with E-state index in [0.29, 0.717) is 6.10 Å². The first kappa shape index (κ1) is 12.4. The third-order valence-corrected chi connectivity index (χ3v) is 3.85. The molecule has 17 heavy (non-hydrogen) atoms. The average molecular weight is 233 g/mol. The molecule has 0 atom stereocenters. The number of rotatable bonds is 3. The molecule has 0 N–H and O–H groups in total. The third-order valence-electron chi connectivity index (χ3n) is 3.85. The molecule has 0 saturated heterocycles. The third kappa shape index (κ3) is 3.45. The summed E-state index contributed by atoms with van der Waals surface area (Å²) in [5, 5.41) is 0. The van der Waals surface area contributed by atoms with Gasteiger partial charge in [-0.1, -0.05) is 13.8 Å². The highest BCUT2D eigenvalue weighted by Crippen LogP contribution is 2.31. The predicted molar refractivity (Wildman–Crippen MR) is 70.2 cm³/mol. The molecule has 2 heteroatoms. The Bertz CT molecular complexity index is 336. The van der Waals surface area contributed by atoms with E-state index >= 15 is 0 Å². The molecule has 1 saturated carbocycles. The Hall–Kier alpha value is -1.05. The van der Waals surface area contributed by atoms with Crippen molar-refractivity contribution >= 4 is 0 Å². The van der Waals surface area contributed by atoms with E-state index in [1.807, 2.05) is 25.3 Å². The lowest BCUT2D eigenvalue weighted by Crippen LogP contribution is -2.26. The Morgan fingerprint density at radius 1 is 1.18 bits per heavy atom. The minimum absolute atomic E-state index is 0.398. The monoisotopic (exact) mass is 233 g/mol. The Morgan fingerprint density at radius 2 is 1.88 bits per heavy atom. The fourth-order valence-corrected chi connectivity index (χ4v) is 2.59. The van der Waals surface area contributed by atoms with Crippen LogP contribution in [0.3, 0.4) is 0 Å². The van der Waals surface area contributed by atoms with Crippen molar-refractivity contribution in [3.63, 3.8) is 0 Å². The minimum Gasteiger partial charge on any atom is -0.489 e. The number of aryl methyl sites for hydroxylation is 1. The van der Waals surface area contributed by atoms with Gasteiger partial charge in [-0.05, 0) is 56.6 Å². The zero-order chi connectivity index (χ0) is 12.3. The first-order chi connectivity index (χ1) is 8.15. The second-order valence-corrected chi connectivity index (χ2v) is 5.53. The predicted octanol–water partition coefficient (Wildman–Crippen LogP) is 3.98. The Morgan fingerprint density at radius 3 is 2.41 bits per heavy atom. The van der Waals surface area contributed by atoms with Gasteiger partial charge in [0, 0.05) is 5.69 Å². The van der Waals surface area contributed by atoms with Gasteiger partial charge in [0.2, 0.25) is 0 Å². The number of ether oxygens (including phenoxy) is 1. The van der Waals surface area contributed by atoms with Crippen LogP contribution in [0.5, 0.6) is 5.75 Å². The molecule has 1 fully saturated rings. The summed E-state index contributed by atoms with van der Waals surface area (Å²) >= 11 is 0. The van der Waals surface area contributed by atoms with Crippen molar-refractivity contribution in [1.29, 1.82) is 0 Å². The van der Waals surface area contributed by atoms with Crippen molar-refractivity contribution < 1.29 is 4.74 Å². The Kier molecular flexibility index (Phi) is 4.03. The van der Waals surface area contributed by atoms with Gasteiger partial charge < -0.3 is 4.74 Å². The van der Waals surface area contributed by atoms with Gasteiger partial charge in [0.1, 0.15) is 5.75 Å². The fourth-order valence-electron chi connectivity index (χ4n) is 2.59. The lowest BCUT2D eigenvalue weighted by Gasteiger charge is -2.31. The lowest BCUT2D eigenvalue weighted by molar-refractivity contribution is 0.116. The normalized spacial score (nSPS) is 24.9. The van der Waals surface area contributed by atoms with Gasteiger partial charge in [-0.15, -0.1) is 0 Å². The van der Waals surface area contributed by atoms with Crippen molar-refractivity contribution in [2.75, 3.05) is 0 Å². The average Bonchev–Trinajstić information content (AvgIpc) is 2.33. The smallest absolute Gasteiger partial charge is 0.138 e. The largest absolute Gasteiger partial charge is 0.489 e. The van der Waals surface area contributed by atoms with Crippen LogP contribution >= 0.6 is 0 Å². The van der Waals surface area contributed by atoms with Gasteiger partial charge in [-0.3, -0.25) is 4.98 Å². The van der Waals surface area contributed by atoms with Crippen LogP contribution < -0.4 is 4.74 Å². The van der Waals surface area contributed by atoms with E-state index in [2.05, 4.69) is 18.8 Å². The zero-order valence-corrected chi connectivity index (χ0v) is 11.1. The van der Waals surface area contributed by atoms with E-state index in [-0.39, 0.29) is 0 Å². The molecule has 1 aliphatic carbocycles. The van der Waals surface area contributed by atoms with E-state index in [1.54, 1.807) is 0 Å². The summed E-state index contributed by atoms with van der Waals surface area (Å²) in [4.78, 5) is 4.26. The molecule has 2 rings (SSSR count). The van der Waals surface area contributed by atoms with Crippen molar-refractivity contribution in [2.24, 2.45) is 11.8 Å². The summed E-state index contributed by atoms with van der Waals surface area (Å²) in [6.07, 6.45) is 7.23. The minimum atomic E-state index is 0.398. The molecule has 1 heterocycles. The number of aromatic nitrogens is 1. The topological polar surface area (TPSA) is 22.1 Å². The first-order valence-corrected chi connectivity index (χ1v) is 6.74. The highest BCUT2D eigenvalue weighted by atomic mass is 16.5. The van der Waals surface area contributed by atoms with E-state index in [1.165, 1.54) is 25.7 Å². The van der Waals surface area contributed by atoms with E-state index in [0.717, 1.165) is 23.3 Å². The maximum Gasteiger partial charge on any atom is 0.138 e. The van der Waals surface area contributed by atoms with Crippen LogP contribution in [0.2, 0.25) is 0 Å². The highest BCUT2D eigenvalue weighted by molar-refractivity contribution is 5.19. The molecule has 0 aromatic carbocycles. The molecule has 1 aliphatic rings. The van der Waals surface area contributed by atoms with Gasteiger partial charge in [0.05, 0.1) is 12.3 Å². The van der Waals surface area contributed by atoms with Crippen molar-refractivity contribution in [3.8, 4) is 5.75 Å². The molecule has 0 radical (unpaired) electrons. The molecule has 94 valence electrons. The van der Waals surface area contributed by atoms with Crippen molar-refractivity contribution in [1.82, 2.24) is 4.98 Å². The number of hydrogen-bond donors (Lipinski definition) is 0. The molecular weight excluding hydrogens is 210 g/mol. The zero-order valence-electron chi connectivity index (χ0n) is 11.1. The standard InChI is InChI=1S/C15H23NO/c1-11(2)13-5-8-14(9-6-13)17-15-7-4-12(3)16-10-15/h4,7,10-11,13-14H,5-6,8-9H2,1-3H3. The van der Waals surface area contributed by atoms with Gasteiger partial charge in [0.15, 0.2) is 0 Å². The van der Waals surface area contributed by atoms with Crippen LogP contribution in [0.1, 0.15) is 45.2 Å². The van der Waals surface area contributed by atoms with Gasteiger partial charge >= 0.3 is 0 Å². The van der Waals surface area contributed by atoms with Crippen LogP contribution in [0.25, 0.3) is 0 Å². The number of hydrogen-bond acceptors (Lipinski definition) is 2. The summed E-state index contributed by atoms with van der Waals surface area (Å²) in [7, 11) is 0. The molecule has 0 amide bonds. The van der Waals surface area contributed by atoms with E-state index < -0.39 is 0 Å². The number of pyridine rings is 1. The number of nitrogens with zero attached hydrogens (tertiary/aromatic N) is 1. The van der Waals surface area contributed by atoms with Crippen molar-refractivity contribution in [3.05, 3.63) is 24.0 Å². The molecule has 1 aromatic heterocycles. The summed E-state index contributed by atoms with van der Waals surface area (Å²) in [6, 6.07) is 4.03. The van der Waals surface area contributed by atoms with Gasteiger partial charge in [-0.2, -0.15) is 0 Å². The molecular formula is C15H23NO. The van der Waals surface area contributed by atoms with Crippen LogP contribution in [-0.2, 0) is 0 Å². The Balaban J connectivity index is 1.84. The maximum atomic E-state index is 5.98. The summed E-state index contributed by atoms with van der Waals surface area (Å²) in [6.45, 7) is 6.66. The van der Waals surface area contributed by atoms with Crippen LogP contribution in [-0.4, -0.2) is 11.1 Å². The molecule has 0 unspecified atom stereocenters. The second-order valence-electron chi connectivity index (χ2n) is 5.53. The van der Waals surface area contributed by atoms with E-state index in [4.69, 9.17) is 4.74 Å². The summed E-state index contributed by atoms with van der Waals surface area (Å²) < 4.78 is 5.98. The molecule has 2 nitrogen and oxygen atoms in total. The highest BCUT2D eigenvalue weighted by Gasteiger charge is 2.24. The fraction of sp³-hybridized carbons (Fsp3) is 0.667. The maximum absolute atomic E-state index is 5.98. The Labute approximate surface area is 104 Å². The van der Waals surface area contributed by atoms with Crippen LogP contribution in [0.15, 0.2) is 18.3 Å². The van der Waals surface area contributed by atoms with Crippen molar-refractivity contribution in [2.45, 2.75) is 52.6 Å². The van der Waals surface area contributed by atoms with Crippen LogP contribution in [0.4, 0.5) is 0 Å². The summed E-state index contributed by atoms with van der Waals surface area (Å²) in [5.41, 5.74) is 1.04. The molecule has 0 bridgehead atoms. The molecule has 0 aliphatic heterocycles. The first-order valence-electron chi connectivity index (χ1n) is 6.74. The van der Waals surface area contributed by atoms with Gasteiger partial charge in [0.25, 0.3) is 0 Å².